The Morgan fingerprint density at radius 3 is 2.11 bits per heavy atom. The second-order valence-electron chi connectivity index (χ2n) is 8.75. The molecule has 3 aromatic rings. The van der Waals surface area contributed by atoms with E-state index in [4.69, 9.17) is 9.47 Å². The summed E-state index contributed by atoms with van der Waals surface area (Å²) in [6.07, 6.45) is -0.124. The number of carbonyl (C=O) groups is 4. The van der Waals surface area contributed by atoms with E-state index in [0.29, 0.717) is 18.0 Å². The number of nitrogens with one attached hydrogen (secondary N) is 2. The zero-order chi connectivity index (χ0) is 26.9. The number of hydrazine groups is 1. The van der Waals surface area contributed by atoms with Gasteiger partial charge < -0.3 is 14.8 Å². The molecule has 2 N–H and O–H groups in total. The molecular formula is C29H29N3O6. The van der Waals surface area contributed by atoms with Gasteiger partial charge in [-0.2, -0.15) is 0 Å². The second-order valence-corrected chi connectivity index (χ2v) is 8.75. The summed E-state index contributed by atoms with van der Waals surface area (Å²) in [6, 6.07) is 25.3. The van der Waals surface area contributed by atoms with E-state index in [1.807, 2.05) is 67.6 Å². The predicted molar refractivity (Wildman–Crippen MR) is 140 cm³/mol. The molecule has 0 aromatic heterocycles. The van der Waals surface area contributed by atoms with Gasteiger partial charge in [-0.3, -0.25) is 29.6 Å². The summed E-state index contributed by atoms with van der Waals surface area (Å²) in [5.74, 6) is -2.74. The van der Waals surface area contributed by atoms with E-state index in [2.05, 4.69) is 10.7 Å². The lowest BCUT2D eigenvalue weighted by Gasteiger charge is -2.23. The van der Waals surface area contributed by atoms with Crippen LogP contribution >= 0.6 is 0 Å². The molecule has 1 aliphatic rings. The molecule has 1 fully saturated rings. The minimum atomic E-state index is -0.798. The highest BCUT2D eigenvalue weighted by molar-refractivity contribution is 5.94. The maximum Gasteiger partial charge on any atom is 0.311 e. The predicted octanol–water partition coefficient (Wildman–Crippen LogP) is 3.28. The summed E-state index contributed by atoms with van der Waals surface area (Å²) in [7, 11) is 0. The monoisotopic (exact) mass is 515 g/mol. The van der Waals surface area contributed by atoms with Crippen molar-refractivity contribution in [2.75, 3.05) is 25.1 Å². The van der Waals surface area contributed by atoms with Crippen LogP contribution in [-0.2, 0) is 23.9 Å². The van der Waals surface area contributed by atoms with Crippen molar-refractivity contribution in [1.82, 2.24) is 10.4 Å². The van der Waals surface area contributed by atoms with Crippen LogP contribution in [0.3, 0.4) is 0 Å². The first kappa shape index (κ1) is 26.4. The smallest absolute Gasteiger partial charge is 0.311 e. The van der Waals surface area contributed by atoms with Gasteiger partial charge in [0.15, 0.2) is 6.61 Å². The Morgan fingerprint density at radius 1 is 0.921 bits per heavy atom. The lowest BCUT2D eigenvalue weighted by molar-refractivity contribution is -0.151. The van der Waals surface area contributed by atoms with Crippen molar-refractivity contribution in [1.29, 1.82) is 0 Å². The van der Waals surface area contributed by atoms with E-state index in [0.717, 1.165) is 16.1 Å². The summed E-state index contributed by atoms with van der Waals surface area (Å²) in [6.45, 7) is 1.88. The van der Waals surface area contributed by atoms with Gasteiger partial charge in [-0.25, -0.2) is 0 Å². The molecule has 0 bridgehead atoms. The molecular weight excluding hydrogens is 486 g/mol. The number of anilines is 1. The zero-order valence-corrected chi connectivity index (χ0v) is 21.0. The lowest BCUT2D eigenvalue weighted by atomic mass is 9.91. The Kier molecular flexibility index (Phi) is 8.71. The molecule has 0 aliphatic carbocycles. The highest BCUT2D eigenvalue weighted by Gasteiger charge is 2.37. The fraction of sp³-hybridized carbons (Fsp3) is 0.241. The molecule has 0 spiro atoms. The van der Waals surface area contributed by atoms with Crippen LogP contribution in [0.1, 0.15) is 30.4 Å². The molecule has 1 atom stereocenters. The third-order valence-corrected chi connectivity index (χ3v) is 6.03. The molecule has 1 heterocycles. The van der Waals surface area contributed by atoms with Crippen molar-refractivity contribution in [3.8, 4) is 5.75 Å². The van der Waals surface area contributed by atoms with Gasteiger partial charge in [-0.15, -0.1) is 0 Å². The van der Waals surface area contributed by atoms with Gasteiger partial charge in [0.25, 0.3) is 11.8 Å². The van der Waals surface area contributed by atoms with Crippen molar-refractivity contribution in [3.05, 3.63) is 96.1 Å². The number of amides is 3. The van der Waals surface area contributed by atoms with E-state index in [1.165, 1.54) is 0 Å². The average Bonchev–Trinajstić information content (AvgIpc) is 3.30. The van der Waals surface area contributed by atoms with Crippen LogP contribution in [0, 0.1) is 5.92 Å². The fourth-order valence-corrected chi connectivity index (χ4v) is 4.21. The van der Waals surface area contributed by atoms with E-state index < -0.39 is 36.2 Å². The maximum absolute atomic E-state index is 13.3. The van der Waals surface area contributed by atoms with Gasteiger partial charge in [0.05, 0.1) is 25.0 Å². The average molecular weight is 516 g/mol. The van der Waals surface area contributed by atoms with Crippen molar-refractivity contribution in [2.24, 2.45) is 5.92 Å². The van der Waals surface area contributed by atoms with Gasteiger partial charge in [-0.05, 0) is 42.3 Å². The molecule has 0 radical (unpaired) electrons. The van der Waals surface area contributed by atoms with Crippen LogP contribution in [0.2, 0.25) is 0 Å². The van der Waals surface area contributed by atoms with E-state index in [9.17, 15) is 19.2 Å². The van der Waals surface area contributed by atoms with Crippen LogP contribution in [0.15, 0.2) is 84.9 Å². The van der Waals surface area contributed by atoms with Crippen molar-refractivity contribution in [2.45, 2.75) is 19.3 Å². The Morgan fingerprint density at radius 2 is 1.53 bits per heavy atom. The SMILES string of the molecule is CCOc1ccc(NC(=O)COC(=O)[C@@H]2CC(=O)N(NC(=O)C(c3ccccc3)c3ccccc3)C2)cc1. The number of hydrogen-bond acceptors (Lipinski definition) is 6. The van der Waals surface area contributed by atoms with Crippen molar-refractivity contribution in [3.63, 3.8) is 0 Å². The van der Waals surface area contributed by atoms with Gasteiger partial charge >= 0.3 is 5.97 Å². The number of hydrogen-bond donors (Lipinski definition) is 2. The van der Waals surface area contributed by atoms with Gasteiger partial charge in [0.2, 0.25) is 5.91 Å². The zero-order valence-electron chi connectivity index (χ0n) is 21.0. The molecule has 9 heteroatoms. The summed E-state index contributed by atoms with van der Waals surface area (Å²) in [5.41, 5.74) is 4.75. The van der Waals surface area contributed by atoms with Crippen LogP contribution in [0.5, 0.6) is 5.75 Å². The molecule has 1 saturated heterocycles. The largest absolute Gasteiger partial charge is 0.494 e. The second kappa shape index (κ2) is 12.5. The number of carbonyl (C=O) groups excluding carboxylic acids is 4. The third kappa shape index (κ3) is 6.76. The Labute approximate surface area is 220 Å². The quantitative estimate of drug-likeness (QED) is 0.401. The first-order valence-corrected chi connectivity index (χ1v) is 12.3. The number of nitrogens with zero attached hydrogens (tertiary/aromatic N) is 1. The number of esters is 1. The number of benzene rings is 3. The molecule has 0 saturated carbocycles. The van der Waals surface area contributed by atoms with Gasteiger partial charge in [-0.1, -0.05) is 60.7 Å². The standard InChI is InChI=1S/C29H29N3O6/c1-2-37-24-15-13-23(14-16-24)30-25(33)19-38-29(36)22-17-26(34)32(18-22)31-28(35)27(20-9-5-3-6-10-20)21-11-7-4-8-12-21/h3-16,22,27H,2,17-19H2,1H3,(H,30,33)(H,31,35)/t22-/m1/s1. The molecule has 38 heavy (non-hydrogen) atoms. The van der Waals surface area contributed by atoms with Gasteiger partial charge in [0, 0.05) is 12.1 Å². The Balaban J connectivity index is 1.31. The van der Waals surface area contributed by atoms with E-state index >= 15 is 0 Å². The fourth-order valence-electron chi connectivity index (χ4n) is 4.21. The normalized spacial score (nSPS) is 14.7. The summed E-state index contributed by atoms with van der Waals surface area (Å²) in [5, 5.41) is 3.78. The van der Waals surface area contributed by atoms with Crippen molar-refractivity contribution < 1.29 is 28.7 Å². The molecule has 3 aromatic carbocycles. The first-order chi connectivity index (χ1) is 18.4. The van der Waals surface area contributed by atoms with Crippen LogP contribution in [0.25, 0.3) is 0 Å². The summed E-state index contributed by atoms with van der Waals surface area (Å²) in [4.78, 5) is 50.6. The van der Waals surface area contributed by atoms with Crippen molar-refractivity contribution >= 4 is 29.4 Å². The van der Waals surface area contributed by atoms with E-state index in [1.54, 1.807) is 24.3 Å². The van der Waals surface area contributed by atoms with E-state index in [-0.39, 0.29) is 18.9 Å². The highest BCUT2D eigenvalue weighted by Crippen LogP contribution is 2.26. The summed E-state index contributed by atoms with van der Waals surface area (Å²) < 4.78 is 10.5. The first-order valence-electron chi connectivity index (χ1n) is 12.3. The Hall–Kier alpha value is -4.66. The number of ether oxygens (including phenoxy) is 2. The van der Waals surface area contributed by atoms with Crippen LogP contribution in [0.4, 0.5) is 5.69 Å². The lowest BCUT2D eigenvalue weighted by Crippen LogP contribution is -2.45. The minimum Gasteiger partial charge on any atom is -0.494 e. The summed E-state index contributed by atoms with van der Waals surface area (Å²) >= 11 is 0. The van der Waals surface area contributed by atoms with Crippen LogP contribution < -0.4 is 15.5 Å². The molecule has 1 aliphatic heterocycles. The molecule has 4 rings (SSSR count). The molecule has 196 valence electrons. The number of rotatable bonds is 10. The maximum atomic E-state index is 13.3. The Bertz CT molecular complexity index is 1220. The molecule has 3 amide bonds. The van der Waals surface area contributed by atoms with Crippen LogP contribution in [-0.4, -0.2) is 48.5 Å². The third-order valence-electron chi connectivity index (χ3n) is 6.03. The minimum absolute atomic E-state index is 0.0415. The highest BCUT2D eigenvalue weighted by atomic mass is 16.5. The molecule has 9 nitrogen and oxygen atoms in total. The topological polar surface area (TPSA) is 114 Å². The molecule has 0 unspecified atom stereocenters. The van der Waals surface area contributed by atoms with Gasteiger partial charge in [0.1, 0.15) is 5.75 Å².